The molecule has 1 N–H and O–H groups in total. The van der Waals surface area contributed by atoms with Gasteiger partial charge in [-0.3, -0.25) is 4.52 Å². The molecule has 1 aromatic heterocycles. The van der Waals surface area contributed by atoms with E-state index in [1.165, 1.54) is 64.9 Å². The number of phosphoric ester groups is 1. The lowest BCUT2D eigenvalue weighted by Gasteiger charge is -2.22. The van der Waals surface area contributed by atoms with Crippen LogP contribution in [0.3, 0.4) is 0 Å². The molecule has 10 heteroatoms. The summed E-state index contributed by atoms with van der Waals surface area (Å²) < 4.78 is 29.7. The lowest BCUT2D eigenvalue weighted by Crippen LogP contribution is -2.30. The minimum atomic E-state index is -4.37. The van der Waals surface area contributed by atoms with Crippen LogP contribution in [0, 0.1) is 0 Å². The van der Waals surface area contributed by atoms with Crippen LogP contribution in [0.4, 0.5) is 0 Å². The number of phosphoric acid groups is 1. The van der Waals surface area contributed by atoms with E-state index in [0.29, 0.717) is 18.9 Å². The lowest BCUT2D eigenvalue weighted by molar-refractivity contribution is -0.683. The van der Waals surface area contributed by atoms with E-state index in [1.807, 2.05) is 52.0 Å². The van der Waals surface area contributed by atoms with Crippen molar-refractivity contribution in [2.75, 3.05) is 26.9 Å². The molecule has 8 nitrogen and oxygen atoms in total. The second-order valence-corrected chi connectivity index (χ2v) is 12.5. The van der Waals surface area contributed by atoms with E-state index in [-0.39, 0.29) is 19.0 Å². The van der Waals surface area contributed by atoms with Gasteiger partial charge in [0.25, 0.3) is 0 Å². The van der Waals surface area contributed by atoms with Crippen molar-refractivity contribution in [2.24, 2.45) is 0 Å². The third kappa shape index (κ3) is 14.3. The Morgan fingerprint density at radius 2 is 1.52 bits per heavy atom. The molecular formula is C32H47NO7PS+. The fraction of sp³-hybridized carbons (Fsp3) is 0.531. The van der Waals surface area contributed by atoms with E-state index in [9.17, 15) is 9.79 Å². The molecule has 0 amide bonds. The lowest BCUT2D eigenvalue weighted by atomic mass is 10.1. The smallest absolute Gasteiger partial charge is 0.426 e. The highest BCUT2D eigenvalue weighted by Gasteiger charge is 2.31. The van der Waals surface area contributed by atoms with Crippen molar-refractivity contribution in [3.63, 3.8) is 0 Å². The molecule has 0 radical (unpaired) electrons. The average Bonchev–Trinajstić information content (AvgIpc) is 3.49. The van der Waals surface area contributed by atoms with Crippen LogP contribution in [0.1, 0.15) is 76.7 Å². The summed E-state index contributed by atoms with van der Waals surface area (Å²) in [5.41, 5.74) is 2.93. The van der Waals surface area contributed by atoms with Gasteiger partial charge in [0, 0.05) is 18.7 Å². The summed E-state index contributed by atoms with van der Waals surface area (Å²) in [5, 5.41) is 1.98. The first kappa shape index (κ1) is 34.2. The highest BCUT2D eigenvalue weighted by Crippen LogP contribution is 2.48. The maximum atomic E-state index is 12.6. The number of methoxy groups -OCH3 is 1. The van der Waals surface area contributed by atoms with Gasteiger partial charge in [0.05, 0.1) is 12.0 Å². The molecule has 232 valence electrons. The van der Waals surface area contributed by atoms with Crippen molar-refractivity contribution in [1.82, 2.24) is 0 Å². The molecule has 0 saturated carbocycles. The minimum Gasteiger partial charge on any atom is -0.598 e. The summed E-state index contributed by atoms with van der Waals surface area (Å²) in [6.07, 6.45) is 14.3. The Morgan fingerprint density at radius 1 is 0.857 bits per heavy atom. The minimum absolute atomic E-state index is 0.131. The molecule has 1 unspecified atom stereocenters. The number of ether oxygens (including phenoxy) is 3. The predicted octanol–water partition coefficient (Wildman–Crippen LogP) is 6.90. The Balaban J connectivity index is 1.33. The van der Waals surface area contributed by atoms with Gasteiger partial charge in [0.2, 0.25) is 5.51 Å². The van der Waals surface area contributed by atoms with Gasteiger partial charge >= 0.3 is 8.17 Å². The summed E-state index contributed by atoms with van der Waals surface area (Å²) in [5.74, 6) is 1.64. The molecule has 1 heterocycles. The Bertz CT molecular complexity index is 1120. The van der Waals surface area contributed by atoms with Gasteiger partial charge in [0.1, 0.15) is 30.8 Å². The van der Waals surface area contributed by atoms with Crippen LogP contribution in [0.2, 0.25) is 0 Å². The number of thiazole rings is 1. The van der Waals surface area contributed by atoms with E-state index in [2.05, 4.69) is 6.92 Å². The average molecular weight is 621 g/mol. The predicted molar refractivity (Wildman–Crippen MR) is 166 cm³/mol. The maximum Gasteiger partial charge on any atom is 0.426 e. The van der Waals surface area contributed by atoms with Crippen molar-refractivity contribution in [2.45, 2.75) is 83.8 Å². The molecule has 0 spiro atoms. The van der Waals surface area contributed by atoms with Crippen LogP contribution in [-0.4, -0.2) is 37.9 Å². The monoisotopic (exact) mass is 620 g/mol. The zero-order valence-corrected chi connectivity index (χ0v) is 26.7. The Kier molecular flexibility index (Phi) is 16.2. The summed E-state index contributed by atoms with van der Waals surface area (Å²) >= 11 is 1.59. The normalized spacial score (nSPS) is 13.4. The van der Waals surface area contributed by atoms with Gasteiger partial charge in [-0.2, -0.15) is 14.0 Å². The van der Waals surface area contributed by atoms with E-state index in [0.717, 1.165) is 17.7 Å². The number of nitrogens with zero attached hydrogens (tertiary/aromatic N) is 1. The molecule has 3 aromatic rings. The summed E-state index contributed by atoms with van der Waals surface area (Å²) in [7, 11) is -2.87. The van der Waals surface area contributed by atoms with Crippen LogP contribution < -0.4 is 23.5 Å². The number of hydrogen-bond acceptors (Lipinski definition) is 8. The number of benzene rings is 2. The second kappa shape index (κ2) is 19.8. The summed E-state index contributed by atoms with van der Waals surface area (Å²) in [4.78, 5) is 22.9. The number of aromatic nitrogens is 1. The quantitative estimate of drug-likeness (QED) is 0.0700. The SMILES string of the molecule is CCCCCCCCCCCCOc1cccc(OC[C@H](CO[P+]([O-])(O)Oc2cccc(C[n+]3ccsc3)c2)OC)c1. The van der Waals surface area contributed by atoms with E-state index < -0.39 is 14.3 Å². The largest absolute Gasteiger partial charge is 0.598 e. The van der Waals surface area contributed by atoms with Crippen molar-refractivity contribution in [3.8, 4) is 17.2 Å². The van der Waals surface area contributed by atoms with Crippen molar-refractivity contribution in [3.05, 3.63) is 71.2 Å². The molecular weight excluding hydrogens is 573 g/mol. The van der Waals surface area contributed by atoms with Gasteiger partial charge < -0.3 is 19.1 Å². The molecule has 42 heavy (non-hydrogen) atoms. The number of rotatable bonds is 23. The van der Waals surface area contributed by atoms with Crippen LogP contribution in [0.25, 0.3) is 0 Å². The maximum absolute atomic E-state index is 12.6. The molecule has 0 aliphatic heterocycles. The summed E-state index contributed by atoms with van der Waals surface area (Å²) in [6.45, 7) is 3.51. The fourth-order valence-corrected chi connectivity index (χ4v) is 5.79. The van der Waals surface area contributed by atoms with Crippen LogP contribution in [-0.2, 0) is 15.8 Å². The Labute approximate surface area is 255 Å². The molecule has 0 saturated heterocycles. The van der Waals surface area contributed by atoms with E-state index in [4.69, 9.17) is 23.3 Å². The number of hydrogen-bond donors (Lipinski definition) is 1. The molecule has 3 rings (SSSR count). The van der Waals surface area contributed by atoms with Crippen molar-refractivity contribution in [1.29, 1.82) is 0 Å². The number of unbranched alkanes of at least 4 members (excludes halogenated alkanes) is 9. The highest BCUT2D eigenvalue weighted by atomic mass is 32.1. The molecule has 0 aliphatic carbocycles. The van der Waals surface area contributed by atoms with Gasteiger partial charge in [-0.1, -0.05) is 94.2 Å². The molecule has 0 aliphatic rings. The van der Waals surface area contributed by atoms with E-state index in [1.54, 1.807) is 29.5 Å². The van der Waals surface area contributed by atoms with Gasteiger partial charge in [-0.15, -0.1) is 0 Å². The molecule has 2 atom stereocenters. The summed E-state index contributed by atoms with van der Waals surface area (Å²) in [6, 6.07) is 14.5. The molecule has 0 bridgehead atoms. The zero-order chi connectivity index (χ0) is 29.9. The third-order valence-electron chi connectivity index (χ3n) is 6.78. The van der Waals surface area contributed by atoms with Gasteiger partial charge in [-0.05, 0) is 30.7 Å². The van der Waals surface area contributed by atoms with Crippen LogP contribution >= 0.6 is 19.5 Å². The molecule has 0 fully saturated rings. The Hall–Kier alpha value is -2.26. The third-order valence-corrected chi connectivity index (χ3v) is 8.36. The second-order valence-electron chi connectivity index (χ2n) is 10.4. The highest BCUT2D eigenvalue weighted by molar-refractivity contribution is 7.53. The Morgan fingerprint density at radius 3 is 2.21 bits per heavy atom. The first-order chi connectivity index (χ1) is 20.5. The van der Waals surface area contributed by atoms with Gasteiger partial charge in [-0.25, -0.2) is 0 Å². The molecule has 2 aromatic carbocycles. The zero-order valence-electron chi connectivity index (χ0n) is 25.0. The fourth-order valence-electron chi connectivity index (χ4n) is 4.41. The standard InChI is InChI=1S/C32H46NO7PS/c1-3-4-5-6-7-8-9-10-11-12-20-37-29-16-14-17-30(23-29)38-25-32(36-2)26-39-41(34,35)40-31-18-13-15-28(22-31)24-33-19-21-42-27-33/h13-19,21-23,27,32H,3-12,20,24-26H2,1-2H3/p+1/t32-/m1/s1. The van der Waals surface area contributed by atoms with Crippen LogP contribution in [0.15, 0.2) is 65.6 Å². The van der Waals surface area contributed by atoms with Crippen molar-refractivity contribution >= 4 is 19.5 Å². The topological polar surface area (TPSA) is 93.3 Å². The first-order valence-corrected chi connectivity index (χ1v) is 17.5. The first-order valence-electron chi connectivity index (χ1n) is 15.0. The van der Waals surface area contributed by atoms with Crippen molar-refractivity contribution < 1.29 is 37.6 Å². The van der Waals surface area contributed by atoms with Crippen LogP contribution in [0.5, 0.6) is 17.2 Å². The van der Waals surface area contributed by atoms with Gasteiger partial charge in [0.15, 0.2) is 18.5 Å². The van der Waals surface area contributed by atoms with E-state index >= 15 is 0 Å².